The summed E-state index contributed by atoms with van der Waals surface area (Å²) >= 11 is 0. The Labute approximate surface area is 104 Å². The van der Waals surface area contributed by atoms with Gasteiger partial charge >= 0.3 is 0 Å². The van der Waals surface area contributed by atoms with Crippen LogP contribution >= 0.6 is 0 Å². The van der Waals surface area contributed by atoms with Gasteiger partial charge in [0.25, 0.3) is 0 Å². The third kappa shape index (κ3) is 1.79. The van der Waals surface area contributed by atoms with Gasteiger partial charge in [0.05, 0.1) is 17.4 Å². The van der Waals surface area contributed by atoms with Gasteiger partial charge in [-0.2, -0.15) is 5.10 Å². The van der Waals surface area contributed by atoms with E-state index in [0.29, 0.717) is 5.75 Å². The van der Waals surface area contributed by atoms with Crippen LogP contribution in [0.2, 0.25) is 0 Å². The van der Waals surface area contributed by atoms with Gasteiger partial charge in [-0.25, -0.2) is 4.98 Å². The number of nitrogens with zero attached hydrogens (tertiary/aromatic N) is 4. The maximum absolute atomic E-state index is 5.71. The average Bonchev–Trinajstić information content (AvgIpc) is 2.66. The van der Waals surface area contributed by atoms with E-state index in [1.165, 1.54) is 0 Å². The molecule has 0 atom stereocenters. The molecular formula is C13H12N4O. The van der Waals surface area contributed by atoms with Gasteiger partial charge in [0, 0.05) is 25.5 Å². The molecule has 3 aromatic rings. The van der Waals surface area contributed by atoms with Crippen molar-refractivity contribution in [1.82, 2.24) is 19.7 Å². The minimum absolute atomic E-state index is 0.691. The molecule has 0 fully saturated rings. The zero-order valence-corrected chi connectivity index (χ0v) is 10.2. The molecule has 3 heterocycles. The van der Waals surface area contributed by atoms with Gasteiger partial charge in [0.15, 0.2) is 0 Å². The summed E-state index contributed by atoms with van der Waals surface area (Å²) in [7, 11) is 1.90. The van der Waals surface area contributed by atoms with Crippen LogP contribution in [0.5, 0.6) is 11.5 Å². The Morgan fingerprint density at radius 3 is 2.72 bits per heavy atom. The third-order valence-electron chi connectivity index (χ3n) is 2.72. The Bertz CT molecular complexity index is 691. The third-order valence-corrected chi connectivity index (χ3v) is 2.72. The Hall–Kier alpha value is -2.43. The molecule has 3 aromatic heterocycles. The van der Waals surface area contributed by atoms with Crippen LogP contribution < -0.4 is 4.74 Å². The largest absolute Gasteiger partial charge is 0.456 e. The van der Waals surface area contributed by atoms with Crippen LogP contribution in [0.3, 0.4) is 0 Å². The van der Waals surface area contributed by atoms with Crippen LogP contribution in [0, 0.1) is 6.92 Å². The molecule has 0 N–H and O–H groups in total. The number of hydrogen-bond donors (Lipinski definition) is 0. The van der Waals surface area contributed by atoms with E-state index in [4.69, 9.17) is 4.74 Å². The minimum atomic E-state index is 0.691. The molecule has 3 rings (SSSR count). The lowest BCUT2D eigenvalue weighted by Crippen LogP contribution is -1.91. The highest BCUT2D eigenvalue weighted by Gasteiger charge is 2.07. The Morgan fingerprint density at radius 2 is 1.94 bits per heavy atom. The van der Waals surface area contributed by atoms with Crippen molar-refractivity contribution in [1.29, 1.82) is 0 Å². The van der Waals surface area contributed by atoms with E-state index < -0.39 is 0 Å². The summed E-state index contributed by atoms with van der Waals surface area (Å²) < 4.78 is 7.51. The summed E-state index contributed by atoms with van der Waals surface area (Å²) in [5.41, 5.74) is 2.78. The van der Waals surface area contributed by atoms with Gasteiger partial charge in [-0.15, -0.1) is 0 Å². The van der Waals surface area contributed by atoms with Gasteiger partial charge in [-0.1, -0.05) is 0 Å². The summed E-state index contributed by atoms with van der Waals surface area (Å²) in [5, 5.41) is 4.33. The zero-order chi connectivity index (χ0) is 12.5. The molecule has 0 aliphatic heterocycles. The first kappa shape index (κ1) is 10.7. The van der Waals surface area contributed by atoms with Crippen LogP contribution in [0.25, 0.3) is 11.0 Å². The topological polar surface area (TPSA) is 52.8 Å². The van der Waals surface area contributed by atoms with E-state index in [1.807, 2.05) is 20.0 Å². The zero-order valence-electron chi connectivity index (χ0n) is 10.2. The van der Waals surface area contributed by atoms with Crippen molar-refractivity contribution in [2.45, 2.75) is 6.92 Å². The van der Waals surface area contributed by atoms with Crippen molar-refractivity contribution < 1.29 is 4.74 Å². The molecule has 0 aliphatic rings. The van der Waals surface area contributed by atoms with Gasteiger partial charge < -0.3 is 4.74 Å². The normalized spacial score (nSPS) is 10.8. The molecule has 90 valence electrons. The van der Waals surface area contributed by atoms with Crippen molar-refractivity contribution in [3.63, 3.8) is 0 Å². The highest BCUT2D eigenvalue weighted by atomic mass is 16.5. The van der Waals surface area contributed by atoms with Gasteiger partial charge in [0.1, 0.15) is 17.0 Å². The van der Waals surface area contributed by atoms with Crippen LogP contribution in [0.4, 0.5) is 0 Å². The molecular weight excluding hydrogens is 228 g/mol. The molecule has 0 saturated carbocycles. The first-order chi connectivity index (χ1) is 8.74. The monoisotopic (exact) mass is 240 g/mol. The summed E-state index contributed by atoms with van der Waals surface area (Å²) in [6.07, 6.45) is 5.09. The number of aryl methyl sites for hydroxylation is 2. The molecule has 5 heteroatoms. The number of ether oxygens (including phenoxy) is 1. The van der Waals surface area contributed by atoms with E-state index in [-0.39, 0.29) is 0 Å². The van der Waals surface area contributed by atoms with Crippen molar-refractivity contribution in [2.24, 2.45) is 7.05 Å². The summed E-state index contributed by atoms with van der Waals surface area (Å²) in [6.45, 7) is 1.94. The lowest BCUT2D eigenvalue weighted by atomic mass is 10.3. The van der Waals surface area contributed by atoms with Gasteiger partial charge in [-0.05, 0) is 19.1 Å². The molecule has 0 spiro atoms. The number of pyridine rings is 2. The van der Waals surface area contributed by atoms with Crippen molar-refractivity contribution >= 4 is 11.0 Å². The summed E-state index contributed by atoms with van der Waals surface area (Å²) in [5.74, 6) is 1.43. The molecule has 0 radical (unpaired) electrons. The molecule has 0 aliphatic carbocycles. The maximum atomic E-state index is 5.71. The number of rotatable bonds is 2. The second-order valence-corrected chi connectivity index (χ2v) is 4.03. The fourth-order valence-corrected chi connectivity index (χ4v) is 1.88. The van der Waals surface area contributed by atoms with E-state index in [9.17, 15) is 0 Å². The van der Waals surface area contributed by atoms with Crippen LogP contribution in [0.15, 0.2) is 36.8 Å². The van der Waals surface area contributed by atoms with E-state index >= 15 is 0 Å². The first-order valence-corrected chi connectivity index (χ1v) is 5.61. The lowest BCUT2D eigenvalue weighted by Gasteiger charge is -2.04. The van der Waals surface area contributed by atoms with Crippen LogP contribution in [-0.2, 0) is 7.05 Å². The quantitative estimate of drug-likeness (QED) is 0.690. The van der Waals surface area contributed by atoms with Gasteiger partial charge in [-0.3, -0.25) is 9.67 Å². The van der Waals surface area contributed by atoms with Gasteiger partial charge in [0.2, 0.25) is 0 Å². The fraction of sp³-hybridized carbons (Fsp3) is 0.154. The lowest BCUT2D eigenvalue weighted by molar-refractivity contribution is 0.480. The van der Waals surface area contributed by atoms with Crippen molar-refractivity contribution in [3.05, 3.63) is 42.5 Å². The second-order valence-electron chi connectivity index (χ2n) is 4.03. The molecule has 0 amide bonds. The molecule has 5 nitrogen and oxygen atoms in total. The van der Waals surface area contributed by atoms with E-state index in [1.54, 1.807) is 35.4 Å². The summed E-state index contributed by atoms with van der Waals surface area (Å²) in [4.78, 5) is 8.32. The standard InChI is InChI=1S/C13H12N4O/c1-9-13-12(17(2)16-9)7-11(8-15-13)18-10-3-5-14-6-4-10/h3-8H,1-2H3. The highest BCUT2D eigenvalue weighted by molar-refractivity contribution is 5.78. The second kappa shape index (κ2) is 4.10. The predicted molar refractivity (Wildman–Crippen MR) is 67.6 cm³/mol. The number of hydrogen-bond acceptors (Lipinski definition) is 4. The molecule has 0 saturated heterocycles. The average molecular weight is 240 g/mol. The Morgan fingerprint density at radius 1 is 1.17 bits per heavy atom. The SMILES string of the molecule is Cc1nn(C)c2cc(Oc3ccncc3)cnc12. The number of fused-ring (bicyclic) bond motifs is 1. The Balaban J connectivity index is 2.01. The summed E-state index contributed by atoms with van der Waals surface area (Å²) in [6, 6.07) is 5.54. The molecule has 0 unspecified atom stereocenters. The first-order valence-electron chi connectivity index (χ1n) is 5.61. The van der Waals surface area contributed by atoms with Crippen molar-refractivity contribution in [3.8, 4) is 11.5 Å². The van der Waals surface area contributed by atoms with E-state index in [2.05, 4.69) is 15.1 Å². The van der Waals surface area contributed by atoms with E-state index in [0.717, 1.165) is 22.5 Å². The molecule has 0 bridgehead atoms. The molecule has 0 aromatic carbocycles. The Kier molecular flexibility index (Phi) is 2.44. The molecule has 18 heavy (non-hydrogen) atoms. The van der Waals surface area contributed by atoms with Crippen LogP contribution in [0.1, 0.15) is 5.69 Å². The smallest absolute Gasteiger partial charge is 0.147 e. The minimum Gasteiger partial charge on any atom is -0.456 e. The fourth-order valence-electron chi connectivity index (χ4n) is 1.88. The predicted octanol–water partition coefficient (Wildman–Crippen LogP) is 2.46. The number of aromatic nitrogens is 4. The highest BCUT2D eigenvalue weighted by Crippen LogP contribution is 2.24. The maximum Gasteiger partial charge on any atom is 0.147 e. The van der Waals surface area contributed by atoms with Crippen molar-refractivity contribution in [2.75, 3.05) is 0 Å². The van der Waals surface area contributed by atoms with Crippen LogP contribution in [-0.4, -0.2) is 19.7 Å².